The van der Waals surface area contributed by atoms with Gasteiger partial charge in [-0.3, -0.25) is 14.5 Å². The van der Waals surface area contributed by atoms with E-state index in [2.05, 4.69) is 5.32 Å². The molecule has 3 rings (SSSR count). The summed E-state index contributed by atoms with van der Waals surface area (Å²) in [5.74, 6) is -0.0302. The van der Waals surface area contributed by atoms with Crippen molar-refractivity contribution in [1.82, 2.24) is 10.2 Å². The highest BCUT2D eigenvalue weighted by Gasteiger charge is 2.35. The number of rotatable bonds is 5. The second kappa shape index (κ2) is 7.99. The van der Waals surface area contributed by atoms with Gasteiger partial charge < -0.3 is 10.1 Å². The van der Waals surface area contributed by atoms with Gasteiger partial charge in [-0.1, -0.05) is 36.1 Å². The normalized spacial score (nSPS) is 23.1. The summed E-state index contributed by atoms with van der Waals surface area (Å²) in [6.07, 6.45) is 2.10. The average Bonchev–Trinajstić information content (AvgIpc) is 3.09. The van der Waals surface area contributed by atoms with Crippen LogP contribution >= 0.6 is 24.0 Å². The summed E-state index contributed by atoms with van der Waals surface area (Å²) >= 11 is 6.35. The second-order valence-corrected chi connectivity index (χ2v) is 10.1. The zero-order valence-electron chi connectivity index (χ0n) is 14.5. The quantitative estimate of drug-likeness (QED) is 0.559. The maximum absolute atomic E-state index is 12.6. The van der Waals surface area contributed by atoms with Crippen LogP contribution in [0, 0.1) is 0 Å². The summed E-state index contributed by atoms with van der Waals surface area (Å²) in [4.78, 5) is 26.4. The number of thiocarbonyl (C=S) groups is 1. The maximum Gasteiger partial charge on any atom is 0.266 e. The molecule has 2 amide bonds. The molecule has 0 aromatic heterocycles. The summed E-state index contributed by atoms with van der Waals surface area (Å²) in [5.41, 5.74) is 0.817. The van der Waals surface area contributed by atoms with Crippen molar-refractivity contribution in [2.75, 3.05) is 25.2 Å². The van der Waals surface area contributed by atoms with Gasteiger partial charge in [0.15, 0.2) is 9.84 Å². The van der Waals surface area contributed by atoms with E-state index in [1.165, 1.54) is 4.90 Å². The molecular weight excluding hydrogens is 408 g/mol. The third-order valence-corrected chi connectivity index (χ3v) is 7.33. The van der Waals surface area contributed by atoms with Crippen molar-refractivity contribution < 1.29 is 22.7 Å². The zero-order valence-corrected chi connectivity index (χ0v) is 17.0. The fourth-order valence-electron chi connectivity index (χ4n) is 2.81. The summed E-state index contributed by atoms with van der Waals surface area (Å²) in [5, 5.41) is 2.67. The third-order valence-electron chi connectivity index (χ3n) is 4.19. The van der Waals surface area contributed by atoms with Gasteiger partial charge in [-0.15, -0.1) is 0 Å². The van der Waals surface area contributed by atoms with Gasteiger partial charge in [0.25, 0.3) is 5.91 Å². The number of thioether (sulfide) groups is 1. The summed E-state index contributed by atoms with van der Waals surface area (Å²) in [6.45, 7) is -0.221. The van der Waals surface area contributed by atoms with E-state index in [0.29, 0.717) is 21.4 Å². The molecule has 0 unspecified atom stereocenters. The van der Waals surface area contributed by atoms with Crippen LogP contribution < -0.4 is 10.1 Å². The largest absolute Gasteiger partial charge is 0.497 e. The number of nitrogens with zero attached hydrogens (tertiary/aromatic N) is 1. The lowest BCUT2D eigenvalue weighted by Crippen LogP contribution is -2.43. The van der Waals surface area contributed by atoms with Crippen LogP contribution in [0.25, 0.3) is 6.08 Å². The van der Waals surface area contributed by atoms with Gasteiger partial charge in [0, 0.05) is 6.04 Å². The Morgan fingerprint density at radius 3 is 2.70 bits per heavy atom. The molecule has 1 N–H and O–H groups in total. The Kier molecular flexibility index (Phi) is 5.87. The van der Waals surface area contributed by atoms with E-state index in [0.717, 1.165) is 17.3 Å². The lowest BCUT2D eigenvalue weighted by Gasteiger charge is -2.16. The standard InChI is InChI=1S/C17H18N2O5S3/c1-24-13-4-2-11(3-5-13)8-14-16(21)19(17(25)26-14)9-15(20)18-12-6-7-27(22,23)10-12/h2-5,8,12H,6-7,9-10H2,1H3,(H,18,20)/b14-8+/t12-/m1/s1. The molecule has 2 aliphatic rings. The van der Waals surface area contributed by atoms with Crippen molar-refractivity contribution in [3.8, 4) is 5.75 Å². The highest BCUT2D eigenvalue weighted by atomic mass is 32.2. The van der Waals surface area contributed by atoms with Crippen LogP contribution in [-0.4, -0.2) is 60.7 Å². The first-order valence-electron chi connectivity index (χ1n) is 8.16. The second-order valence-electron chi connectivity index (χ2n) is 6.21. The van der Waals surface area contributed by atoms with Crippen molar-refractivity contribution in [3.63, 3.8) is 0 Å². The Labute approximate surface area is 167 Å². The summed E-state index contributed by atoms with van der Waals surface area (Å²) in [6, 6.07) is 6.80. The van der Waals surface area contributed by atoms with Gasteiger partial charge in [0.1, 0.15) is 16.6 Å². The van der Waals surface area contributed by atoms with Crippen LogP contribution in [0.1, 0.15) is 12.0 Å². The molecule has 0 radical (unpaired) electrons. The number of nitrogens with one attached hydrogen (secondary N) is 1. The number of carbonyl (C=O) groups excluding carboxylic acids is 2. The van der Waals surface area contributed by atoms with Crippen LogP contribution in [0.4, 0.5) is 0 Å². The number of hydrogen-bond donors (Lipinski definition) is 1. The monoisotopic (exact) mass is 426 g/mol. The number of sulfone groups is 1. The number of ether oxygens (including phenoxy) is 1. The number of benzene rings is 1. The van der Waals surface area contributed by atoms with E-state index in [-0.39, 0.29) is 24.0 Å². The Hall–Kier alpha value is -1.91. The summed E-state index contributed by atoms with van der Waals surface area (Å²) in [7, 11) is -1.51. The molecule has 7 nitrogen and oxygen atoms in total. The van der Waals surface area contributed by atoms with Crippen molar-refractivity contribution in [2.45, 2.75) is 12.5 Å². The molecule has 2 fully saturated rings. The van der Waals surface area contributed by atoms with Gasteiger partial charge in [-0.25, -0.2) is 8.42 Å². The molecule has 2 aliphatic heterocycles. The molecule has 10 heteroatoms. The maximum atomic E-state index is 12.6. The number of methoxy groups -OCH3 is 1. The molecule has 1 aromatic rings. The van der Waals surface area contributed by atoms with Crippen molar-refractivity contribution in [3.05, 3.63) is 34.7 Å². The Morgan fingerprint density at radius 2 is 2.11 bits per heavy atom. The molecular formula is C17H18N2O5S3. The predicted octanol–water partition coefficient (Wildman–Crippen LogP) is 1.20. The van der Waals surface area contributed by atoms with Crippen molar-refractivity contribution >= 4 is 56.0 Å². The minimum atomic E-state index is -3.08. The van der Waals surface area contributed by atoms with Crippen LogP contribution in [-0.2, 0) is 19.4 Å². The van der Waals surface area contributed by atoms with E-state index in [1.807, 2.05) is 12.1 Å². The van der Waals surface area contributed by atoms with Gasteiger partial charge in [-0.05, 0) is 30.2 Å². The fraction of sp³-hybridized carbons (Fsp3) is 0.353. The third kappa shape index (κ3) is 4.88. The minimum absolute atomic E-state index is 0.0610. The SMILES string of the molecule is COc1ccc(/C=C2/SC(=S)N(CC(=O)N[C@@H]3CCS(=O)(=O)C3)C2=O)cc1. The molecule has 2 saturated heterocycles. The highest BCUT2D eigenvalue weighted by molar-refractivity contribution is 8.26. The first-order valence-corrected chi connectivity index (χ1v) is 11.2. The highest BCUT2D eigenvalue weighted by Crippen LogP contribution is 2.32. The fourth-order valence-corrected chi connectivity index (χ4v) is 5.74. The molecule has 0 bridgehead atoms. The Bertz CT molecular complexity index is 909. The first kappa shape index (κ1) is 19.8. The van der Waals surface area contributed by atoms with Crippen LogP contribution in [0.15, 0.2) is 29.2 Å². The van der Waals surface area contributed by atoms with E-state index in [9.17, 15) is 18.0 Å². The average molecular weight is 427 g/mol. The molecule has 144 valence electrons. The molecule has 0 aliphatic carbocycles. The minimum Gasteiger partial charge on any atom is -0.497 e. The Balaban J connectivity index is 1.63. The van der Waals surface area contributed by atoms with Gasteiger partial charge in [-0.2, -0.15) is 0 Å². The first-order chi connectivity index (χ1) is 12.8. The van der Waals surface area contributed by atoms with E-state index < -0.39 is 21.8 Å². The lowest BCUT2D eigenvalue weighted by atomic mass is 10.2. The van der Waals surface area contributed by atoms with E-state index >= 15 is 0 Å². The lowest BCUT2D eigenvalue weighted by molar-refractivity contribution is -0.129. The molecule has 27 heavy (non-hydrogen) atoms. The Morgan fingerprint density at radius 1 is 1.41 bits per heavy atom. The van der Waals surface area contributed by atoms with E-state index in [1.54, 1.807) is 25.3 Å². The molecule has 1 atom stereocenters. The van der Waals surface area contributed by atoms with Gasteiger partial charge >= 0.3 is 0 Å². The van der Waals surface area contributed by atoms with Crippen LogP contribution in [0.5, 0.6) is 5.75 Å². The van der Waals surface area contributed by atoms with E-state index in [4.69, 9.17) is 17.0 Å². The number of carbonyl (C=O) groups is 2. The molecule has 0 spiro atoms. The summed E-state index contributed by atoms with van der Waals surface area (Å²) < 4.78 is 28.3. The topological polar surface area (TPSA) is 92.8 Å². The zero-order chi connectivity index (χ0) is 19.6. The van der Waals surface area contributed by atoms with Crippen molar-refractivity contribution in [1.29, 1.82) is 0 Å². The van der Waals surface area contributed by atoms with Gasteiger partial charge in [0.05, 0.1) is 23.5 Å². The number of hydrogen-bond acceptors (Lipinski definition) is 7. The molecule has 1 aromatic carbocycles. The molecule has 0 saturated carbocycles. The van der Waals surface area contributed by atoms with Gasteiger partial charge in [0.2, 0.25) is 5.91 Å². The van der Waals surface area contributed by atoms with Crippen molar-refractivity contribution in [2.24, 2.45) is 0 Å². The smallest absolute Gasteiger partial charge is 0.266 e. The number of amides is 2. The van der Waals surface area contributed by atoms with Crippen LogP contribution in [0.2, 0.25) is 0 Å². The molecule has 2 heterocycles. The predicted molar refractivity (Wildman–Crippen MR) is 108 cm³/mol. The van der Waals surface area contributed by atoms with Crippen LogP contribution in [0.3, 0.4) is 0 Å².